The van der Waals surface area contributed by atoms with Gasteiger partial charge in [0.2, 0.25) is 0 Å². The standard InChI is InChI=1S/C36H47F17O3/c1-2-3-4-5-6-7-8-9-10-11-12-13-14-15-16-19-28(55)56-27-21-20-25(23-26(27)24-54)18-17-22-29(37,38)30(39,40)31(41,42)32(43,44)33(45,46)34(47,48)35(49,50)36(51,52)53/h20-21,23,54H,2-19,22,24H2,1H3. The molecule has 0 radical (unpaired) electrons. The fourth-order valence-corrected chi connectivity index (χ4v) is 5.69. The number of aryl methyl sites for hydroxylation is 1. The smallest absolute Gasteiger partial charge is 0.426 e. The number of hydrogen-bond acceptors (Lipinski definition) is 3. The van der Waals surface area contributed by atoms with Crippen molar-refractivity contribution >= 4 is 5.97 Å². The number of rotatable bonds is 28. The molecule has 0 aliphatic heterocycles. The van der Waals surface area contributed by atoms with Crippen LogP contribution in [0.15, 0.2) is 18.2 Å². The van der Waals surface area contributed by atoms with E-state index in [-0.39, 0.29) is 23.3 Å². The molecule has 0 saturated heterocycles. The number of hydrogen-bond donors (Lipinski definition) is 1. The van der Waals surface area contributed by atoms with Gasteiger partial charge in [-0.3, -0.25) is 4.79 Å². The topological polar surface area (TPSA) is 46.5 Å². The second kappa shape index (κ2) is 20.9. The van der Waals surface area contributed by atoms with E-state index in [2.05, 4.69) is 6.92 Å². The lowest BCUT2D eigenvalue weighted by atomic mass is 9.87. The van der Waals surface area contributed by atoms with E-state index in [1.165, 1.54) is 57.8 Å². The van der Waals surface area contributed by atoms with Crippen LogP contribution in [-0.2, 0) is 17.8 Å². The average molecular weight is 851 g/mol. The lowest BCUT2D eigenvalue weighted by molar-refractivity contribution is -0.461. The van der Waals surface area contributed by atoms with E-state index < -0.39 is 79.5 Å². The second-order valence-corrected chi connectivity index (χ2v) is 13.8. The van der Waals surface area contributed by atoms with E-state index in [4.69, 9.17) is 4.74 Å². The quantitative estimate of drug-likeness (QED) is 0.0395. The molecule has 0 spiro atoms. The van der Waals surface area contributed by atoms with Gasteiger partial charge in [-0.15, -0.1) is 0 Å². The first-order valence-corrected chi connectivity index (χ1v) is 18.3. The minimum Gasteiger partial charge on any atom is -0.426 e. The Hall–Kier alpha value is -2.54. The minimum absolute atomic E-state index is 0.00776. The van der Waals surface area contributed by atoms with Gasteiger partial charge in [0.25, 0.3) is 0 Å². The zero-order chi connectivity index (χ0) is 43.3. The van der Waals surface area contributed by atoms with Gasteiger partial charge in [-0.2, -0.15) is 74.6 Å². The van der Waals surface area contributed by atoms with Crippen LogP contribution in [0.4, 0.5) is 74.6 Å². The van der Waals surface area contributed by atoms with Gasteiger partial charge in [0.05, 0.1) is 6.61 Å². The molecular formula is C36H47F17O3. The van der Waals surface area contributed by atoms with Gasteiger partial charge in [-0.25, -0.2) is 0 Å². The molecule has 0 amide bonds. The fourth-order valence-electron chi connectivity index (χ4n) is 5.69. The largest absolute Gasteiger partial charge is 0.460 e. The SMILES string of the molecule is CCCCCCCCCCCCCCCCCC(=O)Oc1ccc(CCCC(F)(F)C(F)(F)C(F)(F)C(F)(F)C(F)(F)C(F)(F)C(F)(F)C(F)(F)F)cc1CO. The molecule has 1 aromatic rings. The molecule has 1 rings (SSSR count). The molecule has 1 aromatic carbocycles. The molecule has 0 unspecified atom stereocenters. The lowest BCUT2D eigenvalue weighted by Crippen LogP contribution is -2.74. The number of carbonyl (C=O) groups excluding carboxylic acids is 1. The summed E-state index contributed by atoms with van der Waals surface area (Å²) >= 11 is 0. The van der Waals surface area contributed by atoms with E-state index in [0.29, 0.717) is 6.42 Å². The van der Waals surface area contributed by atoms with Gasteiger partial charge in [-0.05, 0) is 37.0 Å². The van der Waals surface area contributed by atoms with E-state index in [1.54, 1.807) is 0 Å². The molecule has 0 aromatic heterocycles. The number of benzene rings is 1. The number of alkyl halides is 17. The van der Waals surface area contributed by atoms with Crippen molar-refractivity contribution in [1.29, 1.82) is 0 Å². The van der Waals surface area contributed by atoms with Gasteiger partial charge in [0, 0.05) is 18.4 Å². The molecule has 56 heavy (non-hydrogen) atoms. The number of esters is 1. The van der Waals surface area contributed by atoms with Crippen LogP contribution in [0.25, 0.3) is 0 Å². The number of halogens is 17. The third kappa shape index (κ3) is 12.2. The number of carbonyl (C=O) groups is 1. The number of unbranched alkanes of at least 4 members (excludes halogenated alkanes) is 14. The van der Waals surface area contributed by atoms with Gasteiger partial charge < -0.3 is 9.84 Å². The Labute approximate surface area is 313 Å². The summed E-state index contributed by atoms with van der Waals surface area (Å²) in [5.41, 5.74) is -0.276. The number of aliphatic hydroxyl groups excluding tert-OH is 1. The number of aliphatic hydroxyl groups is 1. The van der Waals surface area contributed by atoms with Crippen LogP contribution < -0.4 is 4.74 Å². The zero-order valence-corrected chi connectivity index (χ0v) is 30.6. The Morgan fingerprint density at radius 3 is 1.34 bits per heavy atom. The van der Waals surface area contributed by atoms with Crippen LogP contribution in [0.2, 0.25) is 0 Å². The van der Waals surface area contributed by atoms with Crippen LogP contribution in [0.3, 0.4) is 0 Å². The molecule has 1 N–H and O–H groups in total. The average Bonchev–Trinajstić information content (AvgIpc) is 3.09. The molecule has 0 aliphatic rings. The molecule has 0 heterocycles. The van der Waals surface area contributed by atoms with Crippen LogP contribution >= 0.6 is 0 Å². The van der Waals surface area contributed by atoms with Crippen molar-refractivity contribution in [3.63, 3.8) is 0 Å². The summed E-state index contributed by atoms with van der Waals surface area (Å²) in [7, 11) is 0. The van der Waals surface area contributed by atoms with Crippen LogP contribution in [0, 0.1) is 0 Å². The van der Waals surface area contributed by atoms with Crippen molar-refractivity contribution in [2.24, 2.45) is 0 Å². The molecule has 0 fully saturated rings. The normalized spacial score (nSPS) is 14.1. The molecule has 0 aliphatic carbocycles. The van der Waals surface area contributed by atoms with E-state index in [1.807, 2.05) is 0 Å². The lowest BCUT2D eigenvalue weighted by Gasteiger charge is -2.42. The minimum atomic E-state index is -8.67. The highest BCUT2D eigenvalue weighted by atomic mass is 19.4. The highest BCUT2D eigenvalue weighted by Gasteiger charge is 2.95. The van der Waals surface area contributed by atoms with Crippen molar-refractivity contribution in [2.45, 2.75) is 183 Å². The van der Waals surface area contributed by atoms with Gasteiger partial charge in [0.1, 0.15) is 5.75 Å². The molecule has 0 saturated carbocycles. The summed E-state index contributed by atoms with van der Waals surface area (Å²) in [6.07, 6.45) is 3.92. The van der Waals surface area contributed by atoms with Crippen molar-refractivity contribution < 1.29 is 89.3 Å². The van der Waals surface area contributed by atoms with Crippen LogP contribution in [-0.4, -0.2) is 58.7 Å². The monoisotopic (exact) mass is 850 g/mol. The van der Waals surface area contributed by atoms with E-state index >= 15 is 0 Å². The molecule has 3 nitrogen and oxygen atoms in total. The highest BCUT2D eigenvalue weighted by molar-refractivity contribution is 5.72. The van der Waals surface area contributed by atoms with Crippen molar-refractivity contribution in [2.75, 3.05) is 0 Å². The Morgan fingerprint density at radius 1 is 0.536 bits per heavy atom. The third-order valence-electron chi connectivity index (χ3n) is 9.25. The Balaban J connectivity index is 2.71. The Morgan fingerprint density at radius 2 is 0.929 bits per heavy atom. The first kappa shape index (κ1) is 51.5. The third-order valence-corrected chi connectivity index (χ3v) is 9.25. The van der Waals surface area contributed by atoms with Gasteiger partial charge >= 0.3 is 53.6 Å². The predicted octanol–water partition coefficient (Wildman–Crippen LogP) is 13.7. The zero-order valence-electron chi connectivity index (χ0n) is 30.6. The van der Waals surface area contributed by atoms with Crippen LogP contribution in [0.1, 0.15) is 134 Å². The van der Waals surface area contributed by atoms with Crippen LogP contribution in [0.5, 0.6) is 5.75 Å². The van der Waals surface area contributed by atoms with E-state index in [0.717, 1.165) is 50.3 Å². The molecule has 0 atom stereocenters. The summed E-state index contributed by atoms with van der Waals surface area (Å²) in [4.78, 5) is 12.3. The summed E-state index contributed by atoms with van der Waals surface area (Å²) in [5, 5.41) is 9.63. The first-order chi connectivity index (χ1) is 25.6. The predicted molar refractivity (Wildman–Crippen MR) is 171 cm³/mol. The summed E-state index contributed by atoms with van der Waals surface area (Å²) in [6, 6.07) is 3.09. The first-order valence-electron chi connectivity index (χ1n) is 18.3. The molecule has 20 heteroatoms. The summed E-state index contributed by atoms with van der Waals surface area (Å²) in [5.74, 6) is -57.5. The summed E-state index contributed by atoms with van der Waals surface area (Å²) < 4.78 is 235. The van der Waals surface area contributed by atoms with Gasteiger partial charge in [0.15, 0.2) is 0 Å². The van der Waals surface area contributed by atoms with Crippen molar-refractivity contribution in [3.05, 3.63) is 29.3 Å². The highest BCUT2D eigenvalue weighted by Crippen LogP contribution is 2.64. The fraction of sp³-hybridized carbons (Fsp3) is 0.806. The maximum Gasteiger partial charge on any atom is 0.460 e. The van der Waals surface area contributed by atoms with E-state index in [9.17, 15) is 84.5 Å². The van der Waals surface area contributed by atoms with Crippen molar-refractivity contribution in [3.8, 4) is 5.75 Å². The molecule has 0 bridgehead atoms. The Kier molecular flexibility index (Phi) is 19.2. The molecular weight excluding hydrogens is 803 g/mol. The van der Waals surface area contributed by atoms with Crippen molar-refractivity contribution in [1.82, 2.24) is 0 Å². The summed E-state index contributed by atoms with van der Waals surface area (Å²) in [6.45, 7) is 1.34. The Bertz CT molecular complexity index is 1330. The maximum absolute atomic E-state index is 14.3. The second-order valence-electron chi connectivity index (χ2n) is 13.8. The van der Waals surface area contributed by atoms with Gasteiger partial charge in [-0.1, -0.05) is 103 Å². The maximum atomic E-state index is 14.3. The number of ether oxygens (including phenoxy) is 1. The molecule has 328 valence electrons.